The van der Waals surface area contributed by atoms with E-state index in [9.17, 15) is 5.11 Å². The number of nitriles is 1. The second-order valence-electron chi connectivity index (χ2n) is 4.22. The molecule has 0 heterocycles. The SMILES string of the molecule is Cc1cc(O)cc(Oc2ccc(C)cc2C#N)c1. The molecule has 18 heavy (non-hydrogen) atoms. The van der Waals surface area contributed by atoms with Gasteiger partial charge in [0.2, 0.25) is 0 Å². The van der Waals surface area contributed by atoms with Gasteiger partial charge in [0.25, 0.3) is 0 Å². The monoisotopic (exact) mass is 239 g/mol. The van der Waals surface area contributed by atoms with Crippen molar-refractivity contribution >= 4 is 0 Å². The van der Waals surface area contributed by atoms with E-state index in [0.717, 1.165) is 11.1 Å². The molecule has 0 aliphatic carbocycles. The molecular formula is C15H13NO2. The van der Waals surface area contributed by atoms with Gasteiger partial charge in [-0.3, -0.25) is 0 Å². The minimum Gasteiger partial charge on any atom is -0.508 e. The minimum atomic E-state index is 0.149. The van der Waals surface area contributed by atoms with Crippen molar-refractivity contribution in [2.24, 2.45) is 0 Å². The van der Waals surface area contributed by atoms with E-state index < -0.39 is 0 Å². The first-order valence-electron chi connectivity index (χ1n) is 5.58. The summed E-state index contributed by atoms with van der Waals surface area (Å²) in [4.78, 5) is 0. The van der Waals surface area contributed by atoms with Gasteiger partial charge in [-0.15, -0.1) is 0 Å². The number of rotatable bonds is 2. The first-order chi connectivity index (χ1) is 8.58. The van der Waals surface area contributed by atoms with E-state index >= 15 is 0 Å². The van der Waals surface area contributed by atoms with E-state index in [-0.39, 0.29) is 5.75 Å². The number of benzene rings is 2. The summed E-state index contributed by atoms with van der Waals surface area (Å²) in [6.45, 7) is 3.79. The maximum Gasteiger partial charge on any atom is 0.145 e. The van der Waals surface area contributed by atoms with Gasteiger partial charge in [-0.1, -0.05) is 6.07 Å². The highest BCUT2D eigenvalue weighted by Crippen LogP contribution is 2.29. The normalized spacial score (nSPS) is 9.83. The van der Waals surface area contributed by atoms with E-state index in [0.29, 0.717) is 17.1 Å². The third-order valence-corrected chi connectivity index (χ3v) is 2.52. The lowest BCUT2D eigenvalue weighted by atomic mass is 10.1. The molecule has 0 radical (unpaired) electrons. The molecule has 0 unspecified atom stereocenters. The fourth-order valence-corrected chi connectivity index (χ4v) is 1.73. The summed E-state index contributed by atoms with van der Waals surface area (Å²) in [6, 6.07) is 12.5. The third-order valence-electron chi connectivity index (χ3n) is 2.52. The largest absolute Gasteiger partial charge is 0.508 e. The number of hydrogen-bond acceptors (Lipinski definition) is 3. The minimum absolute atomic E-state index is 0.149. The van der Waals surface area contributed by atoms with Crippen molar-refractivity contribution < 1.29 is 9.84 Å². The van der Waals surface area contributed by atoms with Gasteiger partial charge in [-0.2, -0.15) is 5.26 Å². The molecule has 0 aromatic heterocycles. The second-order valence-corrected chi connectivity index (χ2v) is 4.22. The Bertz CT molecular complexity index is 607. The predicted octanol–water partition coefficient (Wildman–Crippen LogP) is 3.67. The maximum atomic E-state index is 9.50. The highest BCUT2D eigenvalue weighted by Gasteiger charge is 2.06. The molecule has 0 atom stereocenters. The van der Waals surface area contributed by atoms with Crippen molar-refractivity contribution in [3.8, 4) is 23.3 Å². The van der Waals surface area contributed by atoms with Crippen LogP contribution in [0.2, 0.25) is 0 Å². The van der Waals surface area contributed by atoms with Crippen LogP contribution in [0.25, 0.3) is 0 Å². The number of phenolic OH excluding ortho intramolecular Hbond substituents is 1. The van der Waals surface area contributed by atoms with Gasteiger partial charge in [0, 0.05) is 6.07 Å². The molecule has 2 aromatic carbocycles. The number of phenols is 1. The Balaban J connectivity index is 2.37. The maximum absolute atomic E-state index is 9.50. The van der Waals surface area contributed by atoms with Gasteiger partial charge in [-0.05, 0) is 49.2 Å². The van der Waals surface area contributed by atoms with Gasteiger partial charge < -0.3 is 9.84 Å². The molecule has 0 bridgehead atoms. The summed E-state index contributed by atoms with van der Waals surface area (Å²) in [6.07, 6.45) is 0. The van der Waals surface area contributed by atoms with Crippen molar-refractivity contribution in [2.75, 3.05) is 0 Å². The zero-order valence-electron chi connectivity index (χ0n) is 10.3. The Morgan fingerprint density at radius 2 is 1.83 bits per heavy atom. The fraction of sp³-hybridized carbons (Fsp3) is 0.133. The standard InChI is InChI=1S/C15H13NO2/c1-10-3-4-15(12(5-10)9-16)18-14-7-11(2)6-13(17)8-14/h3-8,17H,1-2H3. The van der Waals surface area contributed by atoms with E-state index in [1.165, 1.54) is 6.07 Å². The summed E-state index contributed by atoms with van der Waals surface area (Å²) >= 11 is 0. The van der Waals surface area contributed by atoms with Crippen LogP contribution in [-0.2, 0) is 0 Å². The number of ether oxygens (including phenoxy) is 1. The Hall–Kier alpha value is -2.47. The fourth-order valence-electron chi connectivity index (χ4n) is 1.73. The molecule has 1 N–H and O–H groups in total. The van der Waals surface area contributed by atoms with E-state index in [2.05, 4.69) is 6.07 Å². The van der Waals surface area contributed by atoms with Crippen LogP contribution in [0.3, 0.4) is 0 Å². The van der Waals surface area contributed by atoms with Crippen LogP contribution in [0.5, 0.6) is 17.2 Å². The van der Waals surface area contributed by atoms with Crippen LogP contribution in [0.15, 0.2) is 36.4 Å². The molecule has 3 heteroatoms. The average Bonchev–Trinajstić information content (AvgIpc) is 2.30. The predicted molar refractivity (Wildman–Crippen MR) is 68.8 cm³/mol. The van der Waals surface area contributed by atoms with Gasteiger partial charge in [-0.25, -0.2) is 0 Å². The van der Waals surface area contributed by atoms with Crippen LogP contribution in [-0.4, -0.2) is 5.11 Å². The zero-order chi connectivity index (χ0) is 13.1. The quantitative estimate of drug-likeness (QED) is 0.869. The van der Waals surface area contributed by atoms with Crippen molar-refractivity contribution in [1.82, 2.24) is 0 Å². The molecule has 0 fully saturated rings. The molecular weight excluding hydrogens is 226 g/mol. The summed E-state index contributed by atoms with van der Waals surface area (Å²) < 4.78 is 5.63. The lowest BCUT2D eigenvalue weighted by molar-refractivity contribution is 0.454. The van der Waals surface area contributed by atoms with E-state index in [1.54, 1.807) is 24.3 Å². The molecule has 90 valence electrons. The number of nitrogens with zero attached hydrogens (tertiary/aromatic N) is 1. The first-order valence-corrected chi connectivity index (χ1v) is 5.58. The van der Waals surface area contributed by atoms with Crippen molar-refractivity contribution in [3.63, 3.8) is 0 Å². The smallest absolute Gasteiger partial charge is 0.145 e. The third kappa shape index (κ3) is 2.61. The molecule has 0 aliphatic heterocycles. The summed E-state index contributed by atoms with van der Waals surface area (Å²) in [7, 11) is 0. The van der Waals surface area contributed by atoms with Crippen molar-refractivity contribution in [2.45, 2.75) is 13.8 Å². The molecule has 0 spiro atoms. The molecule has 0 aliphatic rings. The van der Waals surface area contributed by atoms with Crippen LogP contribution >= 0.6 is 0 Å². The molecule has 0 amide bonds. The molecule has 3 nitrogen and oxygen atoms in total. The lowest BCUT2D eigenvalue weighted by Crippen LogP contribution is -1.89. The Morgan fingerprint density at radius 1 is 1.06 bits per heavy atom. The summed E-state index contributed by atoms with van der Waals surface area (Å²) in [5.74, 6) is 1.16. The van der Waals surface area contributed by atoms with Gasteiger partial charge in [0.15, 0.2) is 0 Å². The molecule has 0 saturated carbocycles. The number of hydrogen-bond donors (Lipinski definition) is 1. The lowest BCUT2D eigenvalue weighted by Gasteiger charge is -2.09. The first kappa shape index (κ1) is 12.0. The summed E-state index contributed by atoms with van der Waals surface area (Å²) in [5.41, 5.74) is 2.39. The Kier molecular flexibility index (Phi) is 3.20. The van der Waals surface area contributed by atoms with E-state index in [1.807, 2.05) is 19.9 Å². The Morgan fingerprint density at radius 3 is 2.50 bits per heavy atom. The van der Waals surface area contributed by atoms with Crippen LogP contribution in [0, 0.1) is 25.2 Å². The Labute approximate surface area is 106 Å². The molecule has 2 aromatic rings. The van der Waals surface area contributed by atoms with Crippen molar-refractivity contribution in [3.05, 3.63) is 53.1 Å². The highest BCUT2D eigenvalue weighted by molar-refractivity contribution is 5.48. The average molecular weight is 239 g/mol. The summed E-state index contributed by atoms with van der Waals surface area (Å²) in [5, 5.41) is 18.5. The van der Waals surface area contributed by atoms with Gasteiger partial charge in [0.1, 0.15) is 23.3 Å². The van der Waals surface area contributed by atoms with Crippen LogP contribution in [0.1, 0.15) is 16.7 Å². The number of aromatic hydroxyl groups is 1. The molecule has 0 saturated heterocycles. The van der Waals surface area contributed by atoms with Crippen LogP contribution in [0.4, 0.5) is 0 Å². The molecule has 2 rings (SSSR count). The van der Waals surface area contributed by atoms with Gasteiger partial charge in [0.05, 0.1) is 5.56 Å². The van der Waals surface area contributed by atoms with E-state index in [4.69, 9.17) is 10.00 Å². The van der Waals surface area contributed by atoms with Gasteiger partial charge >= 0.3 is 0 Å². The highest BCUT2D eigenvalue weighted by atomic mass is 16.5. The zero-order valence-corrected chi connectivity index (χ0v) is 10.3. The van der Waals surface area contributed by atoms with Crippen molar-refractivity contribution in [1.29, 1.82) is 5.26 Å². The topological polar surface area (TPSA) is 53.2 Å². The number of aryl methyl sites for hydroxylation is 2. The second kappa shape index (κ2) is 4.80. The van der Waals surface area contributed by atoms with Crippen LogP contribution < -0.4 is 4.74 Å².